The maximum Gasteiger partial charge on any atom is 0.307 e. The number of piperazine rings is 1. The molecule has 0 spiro atoms. The lowest BCUT2D eigenvalue weighted by molar-refractivity contribution is -0.140. The second kappa shape index (κ2) is 8.77. The lowest BCUT2D eigenvalue weighted by atomic mass is 10.3. The van der Waals surface area contributed by atoms with Gasteiger partial charge in [-0.15, -0.1) is 0 Å². The van der Waals surface area contributed by atoms with E-state index in [4.69, 9.17) is 0 Å². The van der Waals surface area contributed by atoms with E-state index in [0.29, 0.717) is 13.1 Å². The summed E-state index contributed by atoms with van der Waals surface area (Å²) < 4.78 is 6.58. The van der Waals surface area contributed by atoms with E-state index in [1.165, 1.54) is 7.11 Å². The molecule has 1 aliphatic rings. The van der Waals surface area contributed by atoms with Crippen molar-refractivity contribution in [1.82, 2.24) is 24.5 Å². The lowest BCUT2D eigenvalue weighted by Gasteiger charge is -2.33. The highest BCUT2D eigenvalue weighted by atomic mass is 16.5. The van der Waals surface area contributed by atoms with Gasteiger partial charge in [0.1, 0.15) is 5.65 Å². The molecule has 26 heavy (non-hydrogen) atoms. The minimum Gasteiger partial charge on any atom is -0.469 e. The van der Waals surface area contributed by atoms with E-state index in [9.17, 15) is 9.59 Å². The highest BCUT2D eigenvalue weighted by molar-refractivity contribution is 5.78. The van der Waals surface area contributed by atoms with Gasteiger partial charge in [-0.3, -0.25) is 19.4 Å². The largest absolute Gasteiger partial charge is 0.469 e. The molecule has 0 atom stereocenters. The number of carbonyl (C=O) groups is 2. The summed E-state index contributed by atoms with van der Waals surface area (Å²) in [5, 5.41) is 2.75. The Labute approximate surface area is 152 Å². The molecule has 1 aliphatic heterocycles. The molecule has 2 aromatic rings. The highest BCUT2D eigenvalue weighted by Crippen LogP contribution is 2.10. The van der Waals surface area contributed by atoms with Crippen LogP contribution in [0.1, 0.15) is 12.1 Å². The highest BCUT2D eigenvalue weighted by Gasteiger charge is 2.19. The third-order valence-electron chi connectivity index (χ3n) is 4.51. The van der Waals surface area contributed by atoms with Crippen LogP contribution in [0.15, 0.2) is 30.6 Å². The number of nitrogens with zero attached hydrogens (tertiary/aromatic N) is 4. The van der Waals surface area contributed by atoms with Crippen LogP contribution in [0.2, 0.25) is 0 Å². The standard InChI is InChI=1S/C18H25N5O3/c1-26-18(25)5-6-19-17(24)14-22-10-8-21(9-11-22)12-15-13-23-7-3-2-4-16(23)20-15/h2-4,7,13H,5-6,8-12,14H2,1H3,(H,19,24). The molecule has 3 rings (SSSR count). The van der Waals surface area contributed by atoms with Crippen molar-refractivity contribution in [2.45, 2.75) is 13.0 Å². The van der Waals surface area contributed by atoms with E-state index in [2.05, 4.69) is 31.0 Å². The van der Waals surface area contributed by atoms with Crippen molar-refractivity contribution in [2.75, 3.05) is 46.4 Å². The van der Waals surface area contributed by atoms with Crippen molar-refractivity contribution in [3.05, 3.63) is 36.3 Å². The Bertz CT molecular complexity index is 719. The number of imidazole rings is 1. The van der Waals surface area contributed by atoms with Crippen molar-refractivity contribution >= 4 is 17.5 Å². The molecule has 2 aromatic heterocycles. The third-order valence-corrected chi connectivity index (χ3v) is 4.51. The van der Waals surface area contributed by atoms with E-state index in [1.807, 2.05) is 28.8 Å². The Morgan fingerprint density at radius 2 is 1.96 bits per heavy atom. The van der Waals surface area contributed by atoms with Gasteiger partial charge in [-0.1, -0.05) is 6.07 Å². The molecule has 3 heterocycles. The number of hydrogen-bond donors (Lipinski definition) is 1. The van der Waals surface area contributed by atoms with Crippen LogP contribution >= 0.6 is 0 Å². The van der Waals surface area contributed by atoms with Crippen LogP contribution in [0, 0.1) is 0 Å². The van der Waals surface area contributed by atoms with Gasteiger partial charge in [0.15, 0.2) is 0 Å². The van der Waals surface area contributed by atoms with E-state index < -0.39 is 0 Å². The number of hydrogen-bond acceptors (Lipinski definition) is 6. The van der Waals surface area contributed by atoms with Crippen molar-refractivity contribution in [3.8, 4) is 0 Å². The van der Waals surface area contributed by atoms with Gasteiger partial charge < -0.3 is 14.5 Å². The lowest BCUT2D eigenvalue weighted by Crippen LogP contribution is -2.49. The Morgan fingerprint density at radius 3 is 2.69 bits per heavy atom. The molecular formula is C18H25N5O3. The number of methoxy groups -OCH3 is 1. The van der Waals surface area contributed by atoms with Crippen molar-refractivity contribution in [3.63, 3.8) is 0 Å². The molecule has 1 saturated heterocycles. The number of ether oxygens (including phenoxy) is 1. The summed E-state index contributed by atoms with van der Waals surface area (Å²) in [5.74, 6) is -0.367. The fourth-order valence-electron chi connectivity index (χ4n) is 3.06. The molecule has 1 amide bonds. The fourth-order valence-corrected chi connectivity index (χ4v) is 3.06. The second-order valence-corrected chi connectivity index (χ2v) is 6.43. The minimum atomic E-state index is -0.314. The average Bonchev–Trinajstić information content (AvgIpc) is 3.05. The van der Waals surface area contributed by atoms with Crippen LogP contribution in [0.4, 0.5) is 0 Å². The summed E-state index contributed by atoms with van der Waals surface area (Å²) >= 11 is 0. The number of carbonyl (C=O) groups excluding carboxylic acids is 2. The molecule has 140 valence electrons. The van der Waals surface area contributed by atoms with E-state index in [-0.39, 0.29) is 18.3 Å². The van der Waals surface area contributed by atoms with Gasteiger partial charge in [-0.2, -0.15) is 0 Å². The number of fused-ring (bicyclic) bond motifs is 1. The summed E-state index contributed by atoms with van der Waals surface area (Å²) in [6, 6.07) is 5.98. The topological polar surface area (TPSA) is 79.2 Å². The normalized spacial score (nSPS) is 15.9. The molecular weight excluding hydrogens is 334 g/mol. The quantitative estimate of drug-likeness (QED) is 0.708. The van der Waals surface area contributed by atoms with E-state index in [1.54, 1.807) is 0 Å². The fraction of sp³-hybridized carbons (Fsp3) is 0.500. The maximum atomic E-state index is 11.9. The Balaban J connectivity index is 1.38. The third kappa shape index (κ3) is 5.03. The molecule has 0 aliphatic carbocycles. The number of esters is 1. The predicted molar refractivity (Wildman–Crippen MR) is 96.6 cm³/mol. The zero-order chi connectivity index (χ0) is 18.4. The van der Waals surface area contributed by atoms with Gasteiger partial charge in [0.2, 0.25) is 5.91 Å². The number of rotatable bonds is 7. The van der Waals surface area contributed by atoms with Crippen LogP contribution in [-0.4, -0.2) is 77.4 Å². The smallest absolute Gasteiger partial charge is 0.307 e. The van der Waals surface area contributed by atoms with Gasteiger partial charge in [0.05, 0.1) is 25.8 Å². The Hall–Kier alpha value is -2.45. The summed E-state index contributed by atoms with van der Waals surface area (Å²) in [4.78, 5) is 32.1. The molecule has 8 heteroatoms. The maximum absolute atomic E-state index is 11.9. The summed E-state index contributed by atoms with van der Waals surface area (Å²) in [6.45, 7) is 5.01. The van der Waals surface area contributed by atoms with Crippen LogP contribution in [0.25, 0.3) is 5.65 Å². The van der Waals surface area contributed by atoms with Gasteiger partial charge >= 0.3 is 5.97 Å². The first kappa shape index (κ1) is 18.3. The first-order chi connectivity index (χ1) is 12.6. The molecule has 0 aromatic carbocycles. The first-order valence-electron chi connectivity index (χ1n) is 8.85. The van der Waals surface area contributed by atoms with Crippen molar-refractivity contribution < 1.29 is 14.3 Å². The predicted octanol–water partition coefficient (Wildman–Crippen LogP) is 0.131. The van der Waals surface area contributed by atoms with Gasteiger partial charge in [-0.05, 0) is 12.1 Å². The van der Waals surface area contributed by atoms with Crippen LogP contribution in [-0.2, 0) is 20.9 Å². The molecule has 1 N–H and O–H groups in total. The second-order valence-electron chi connectivity index (χ2n) is 6.43. The monoisotopic (exact) mass is 359 g/mol. The van der Waals surface area contributed by atoms with Crippen LogP contribution < -0.4 is 5.32 Å². The Morgan fingerprint density at radius 1 is 1.19 bits per heavy atom. The van der Waals surface area contributed by atoms with Crippen molar-refractivity contribution in [1.29, 1.82) is 0 Å². The zero-order valence-corrected chi connectivity index (χ0v) is 15.1. The molecule has 0 bridgehead atoms. The van der Waals surface area contributed by atoms with Crippen molar-refractivity contribution in [2.24, 2.45) is 0 Å². The molecule has 1 fully saturated rings. The first-order valence-corrected chi connectivity index (χ1v) is 8.85. The Kier molecular flexibility index (Phi) is 6.19. The van der Waals surface area contributed by atoms with Gasteiger partial charge in [0.25, 0.3) is 0 Å². The van der Waals surface area contributed by atoms with E-state index >= 15 is 0 Å². The number of aromatic nitrogens is 2. The summed E-state index contributed by atoms with van der Waals surface area (Å²) in [7, 11) is 1.34. The molecule has 0 radical (unpaired) electrons. The number of pyridine rings is 1. The molecule has 0 saturated carbocycles. The minimum absolute atomic E-state index is 0.0531. The number of amides is 1. The summed E-state index contributed by atoms with van der Waals surface area (Å²) in [5.41, 5.74) is 2.02. The number of nitrogens with one attached hydrogen (secondary N) is 1. The van der Waals surface area contributed by atoms with Gasteiger partial charge in [0, 0.05) is 51.7 Å². The molecule has 8 nitrogen and oxygen atoms in total. The van der Waals surface area contributed by atoms with Crippen LogP contribution in [0.3, 0.4) is 0 Å². The van der Waals surface area contributed by atoms with Crippen LogP contribution in [0.5, 0.6) is 0 Å². The average molecular weight is 359 g/mol. The zero-order valence-electron chi connectivity index (χ0n) is 15.1. The molecule has 0 unspecified atom stereocenters. The SMILES string of the molecule is COC(=O)CCNC(=O)CN1CCN(Cc2cn3ccccc3n2)CC1. The van der Waals surface area contributed by atoms with Gasteiger partial charge in [-0.25, -0.2) is 4.98 Å². The van der Waals surface area contributed by atoms with E-state index in [0.717, 1.165) is 44.1 Å². The summed E-state index contributed by atoms with van der Waals surface area (Å²) in [6.07, 6.45) is 4.27.